The molecular weight excluding hydrogens is 273 g/mol. The van der Waals surface area contributed by atoms with Crippen LogP contribution in [0.15, 0.2) is 12.1 Å². The van der Waals surface area contributed by atoms with Crippen molar-refractivity contribution < 1.29 is 22.4 Å². The number of halogens is 6. The number of carbonyl (C=O) groups excluding carboxylic acids is 1. The zero-order chi connectivity index (χ0) is 12.5. The van der Waals surface area contributed by atoms with E-state index < -0.39 is 23.6 Å². The molecule has 1 aromatic carbocycles. The van der Waals surface area contributed by atoms with Gasteiger partial charge >= 0.3 is 12.1 Å². The molecule has 0 spiro atoms. The topological polar surface area (TPSA) is 29.1 Å². The Kier molecular flexibility index (Phi) is 3.64. The maximum absolute atomic E-state index is 12.9. The van der Waals surface area contributed by atoms with Crippen LogP contribution in [0.2, 0.25) is 10.0 Å². The average molecular weight is 276 g/mol. The summed E-state index contributed by atoms with van der Waals surface area (Å²) in [5.74, 6) is -3.22. The largest absolute Gasteiger partial charge is 0.471 e. The molecule has 0 atom stereocenters. The number of hydrogen-bond acceptors (Lipinski definition) is 1. The summed E-state index contributed by atoms with van der Waals surface area (Å²) >= 11 is 10.8. The van der Waals surface area contributed by atoms with E-state index in [9.17, 15) is 22.4 Å². The standard InChI is InChI=1S/C8H3Cl2F4NO/c9-3-1-4(10)6(2-5(3)11)15-7(16)8(12,13)14/h1-2H,(H,15,16). The van der Waals surface area contributed by atoms with Gasteiger partial charge in [0.1, 0.15) is 5.82 Å². The molecule has 1 amide bonds. The lowest BCUT2D eigenvalue weighted by Crippen LogP contribution is -2.30. The molecule has 0 bridgehead atoms. The summed E-state index contributed by atoms with van der Waals surface area (Å²) < 4.78 is 48.5. The zero-order valence-electron chi connectivity index (χ0n) is 7.33. The van der Waals surface area contributed by atoms with Crippen molar-refractivity contribution in [1.82, 2.24) is 0 Å². The smallest absolute Gasteiger partial charge is 0.317 e. The second kappa shape index (κ2) is 4.47. The summed E-state index contributed by atoms with van der Waals surface area (Å²) in [6.07, 6.45) is -5.07. The van der Waals surface area contributed by atoms with Crippen molar-refractivity contribution in [1.29, 1.82) is 0 Å². The monoisotopic (exact) mass is 275 g/mol. The van der Waals surface area contributed by atoms with E-state index in [1.807, 2.05) is 0 Å². The van der Waals surface area contributed by atoms with Crippen molar-refractivity contribution in [3.8, 4) is 0 Å². The van der Waals surface area contributed by atoms with Crippen molar-refractivity contribution in [2.75, 3.05) is 5.32 Å². The molecule has 0 aliphatic carbocycles. The van der Waals surface area contributed by atoms with Gasteiger partial charge in [-0.2, -0.15) is 13.2 Å². The van der Waals surface area contributed by atoms with Gasteiger partial charge in [-0.25, -0.2) is 4.39 Å². The molecule has 0 unspecified atom stereocenters. The fourth-order valence-corrected chi connectivity index (χ4v) is 1.24. The van der Waals surface area contributed by atoms with Crippen LogP contribution in [0.1, 0.15) is 0 Å². The third-order valence-electron chi connectivity index (χ3n) is 1.52. The molecule has 16 heavy (non-hydrogen) atoms. The third-order valence-corrected chi connectivity index (χ3v) is 2.12. The van der Waals surface area contributed by atoms with Gasteiger partial charge in [0, 0.05) is 6.07 Å². The Bertz CT molecular complexity index is 433. The molecule has 88 valence electrons. The second-order valence-corrected chi connectivity index (χ2v) is 3.51. The molecule has 0 aromatic heterocycles. The van der Waals surface area contributed by atoms with Crippen LogP contribution < -0.4 is 5.32 Å². The maximum atomic E-state index is 12.9. The fourth-order valence-electron chi connectivity index (χ4n) is 0.812. The molecule has 1 aromatic rings. The summed E-state index contributed by atoms with van der Waals surface area (Å²) in [5.41, 5.74) is -0.495. The van der Waals surface area contributed by atoms with E-state index >= 15 is 0 Å². The highest BCUT2D eigenvalue weighted by atomic mass is 35.5. The number of nitrogens with one attached hydrogen (secondary N) is 1. The Morgan fingerprint density at radius 2 is 1.75 bits per heavy atom. The minimum Gasteiger partial charge on any atom is -0.317 e. The Morgan fingerprint density at radius 3 is 2.25 bits per heavy atom. The molecular formula is C8H3Cl2F4NO. The molecule has 8 heteroatoms. The summed E-state index contributed by atoms with van der Waals surface area (Å²) in [4.78, 5) is 10.5. The predicted molar refractivity (Wildman–Crippen MR) is 51.1 cm³/mol. The lowest BCUT2D eigenvalue weighted by Gasteiger charge is -2.09. The average Bonchev–Trinajstić information content (AvgIpc) is 2.12. The first kappa shape index (κ1) is 13.1. The highest BCUT2D eigenvalue weighted by molar-refractivity contribution is 6.36. The van der Waals surface area contributed by atoms with Gasteiger partial charge < -0.3 is 5.32 Å². The third kappa shape index (κ3) is 2.99. The summed E-state index contributed by atoms with van der Waals surface area (Å²) in [6.45, 7) is 0. The molecule has 0 saturated heterocycles. The summed E-state index contributed by atoms with van der Waals surface area (Å²) in [6, 6.07) is 1.50. The van der Waals surface area contributed by atoms with Crippen LogP contribution in [0, 0.1) is 5.82 Å². The number of benzene rings is 1. The van der Waals surface area contributed by atoms with Crippen LogP contribution in [-0.4, -0.2) is 12.1 Å². The first-order valence-corrected chi connectivity index (χ1v) is 4.50. The van der Waals surface area contributed by atoms with E-state index in [0.717, 1.165) is 6.07 Å². The minimum atomic E-state index is -5.07. The van der Waals surface area contributed by atoms with E-state index in [2.05, 4.69) is 0 Å². The van der Waals surface area contributed by atoms with Crippen molar-refractivity contribution >= 4 is 34.8 Å². The van der Waals surface area contributed by atoms with Gasteiger partial charge in [-0.05, 0) is 6.07 Å². The first-order valence-electron chi connectivity index (χ1n) is 3.74. The van der Waals surface area contributed by atoms with Crippen LogP contribution in [0.5, 0.6) is 0 Å². The van der Waals surface area contributed by atoms with Gasteiger partial charge in [0.05, 0.1) is 15.7 Å². The van der Waals surface area contributed by atoms with Crippen LogP contribution in [0.3, 0.4) is 0 Å². The molecule has 0 aliphatic heterocycles. The second-order valence-electron chi connectivity index (χ2n) is 2.70. The Labute approximate surface area is 97.1 Å². The number of rotatable bonds is 1. The van der Waals surface area contributed by atoms with E-state index in [4.69, 9.17) is 23.2 Å². The minimum absolute atomic E-state index is 0.288. The molecule has 1 rings (SSSR count). The lowest BCUT2D eigenvalue weighted by molar-refractivity contribution is -0.167. The molecule has 0 heterocycles. The molecule has 2 nitrogen and oxygen atoms in total. The maximum Gasteiger partial charge on any atom is 0.471 e. The highest BCUT2D eigenvalue weighted by Crippen LogP contribution is 2.29. The van der Waals surface area contributed by atoms with Crippen LogP contribution >= 0.6 is 23.2 Å². The Balaban J connectivity index is 2.99. The van der Waals surface area contributed by atoms with Crippen LogP contribution in [0.25, 0.3) is 0 Å². The van der Waals surface area contributed by atoms with Gasteiger partial charge in [-0.3, -0.25) is 4.79 Å². The predicted octanol–water partition coefficient (Wildman–Crippen LogP) is 3.63. The highest BCUT2D eigenvalue weighted by Gasteiger charge is 2.39. The van der Waals surface area contributed by atoms with E-state index in [1.54, 1.807) is 0 Å². The number of alkyl halides is 3. The molecule has 0 aliphatic rings. The van der Waals surface area contributed by atoms with Gasteiger partial charge in [-0.1, -0.05) is 23.2 Å². The van der Waals surface area contributed by atoms with Gasteiger partial charge in [0.15, 0.2) is 0 Å². The van der Waals surface area contributed by atoms with Gasteiger partial charge in [0.2, 0.25) is 0 Å². The van der Waals surface area contributed by atoms with Crippen molar-refractivity contribution in [3.63, 3.8) is 0 Å². The van der Waals surface area contributed by atoms with Crippen molar-refractivity contribution in [3.05, 3.63) is 28.0 Å². The zero-order valence-corrected chi connectivity index (χ0v) is 8.84. The Morgan fingerprint density at radius 1 is 1.19 bits per heavy atom. The van der Waals surface area contributed by atoms with Crippen LogP contribution in [0.4, 0.5) is 23.2 Å². The quantitative estimate of drug-likeness (QED) is 0.615. The Hall–Kier alpha value is -1.01. The number of hydrogen-bond donors (Lipinski definition) is 1. The first-order chi connectivity index (χ1) is 7.21. The number of anilines is 1. The number of carbonyl (C=O) groups is 1. The SMILES string of the molecule is O=C(Nc1cc(F)c(Cl)cc1Cl)C(F)(F)F. The molecule has 0 radical (unpaired) electrons. The van der Waals surface area contributed by atoms with Crippen molar-refractivity contribution in [2.45, 2.75) is 6.18 Å². The normalized spacial score (nSPS) is 11.4. The van der Waals surface area contributed by atoms with Crippen molar-refractivity contribution in [2.24, 2.45) is 0 Å². The fraction of sp³-hybridized carbons (Fsp3) is 0.125. The summed E-state index contributed by atoms with van der Waals surface area (Å²) in [5, 5.41) is 0.784. The van der Waals surface area contributed by atoms with Gasteiger partial charge in [0.25, 0.3) is 0 Å². The number of amides is 1. The molecule has 0 saturated carbocycles. The van der Waals surface area contributed by atoms with E-state index in [0.29, 0.717) is 6.07 Å². The van der Waals surface area contributed by atoms with E-state index in [-0.39, 0.29) is 10.0 Å². The molecule has 1 N–H and O–H groups in total. The molecule has 0 fully saturated rings. The van der Waals surface area contributed by atoms with Gasteiger partial charge in [-0.15, -0.1) is 0 Å². The van der Waals surface area contributed by atoms with E-state index in [1.165, 1.54) is 5.32 Å². The lowest BCUT2D eigenvalue weighted by atomic mass is 10.3. The van der Waals surface area contributed by atoms with Crippen LogP contribution in [-0.2, 0) is 4.79 Å². The summed E-state index contributed by atoms with van der Waals surface area (Å²) in [7, 11) is 0.